The lowest BCUT2D eigenvalue weighted by Crippen LogP contribution is -2.19. The smallest absolute Gasteiger partial charge is 0.209 e. The van der Waals surface area contributed by atoms with Gasteiger partial charge in [-0.05, 0) is 55.7 Å². The minimum Gasteiger partial charge on any atom is -0.481 e. The highest BCUT2D eigenvalue weighted by Crippen LogP contribution is 2.39. The van der Waals surface area contributed by atoms with Crippen molar-refractivity contribution in [2.75, 3.05) is 7.11 Å². The van der Waals surface area contributed by atoms with E-state index in [0.717, 1.165) is 12.0 Å². The predicted molar refractivity (Wildman–Crippen MR) is 103 cm³/mol. The Labute approximate surface area is 155 Å². The van der Waals surface area contributed by atoms with Crippen LogP contribution < -0.4 is 0 Å². The van der Waals surface area contributed by atoms with Gasteiger partial charge in [-0.2, -0.15) is 5.26 Å². The number of nitrogens with zero attached hydrogens (tertiary/aromatic N) is 1. The van der Waals surface area contributed by atoms with Crippen LogP contribution in [0.5, 0.6) is 0 Å². The summed E-state index contributed by atoms with van der Waals surface area (Å²) in [4.78, 5) is 13.4. The third-order valence-electron chi connectivity index (χ3n) is 4.65. The Morgan fingerprint density at radius 3 is 2.62 bits per heavy atom. The highest BCUT2D eigenvalue weighted by Gasteiger charge is 2.30. The van der Waals surface area contributed by atoms with Crippen molar-refractivity contribution >= 4 is 11.7 Å². The Morgan fingerprint density at radius 2 is 2.12 bits per heavy atom. The number of methoxy groups -OCH3 is 1. The number of carbonyl (C=O) groups excluding carboxylic acids is 1. The van der Waals surface area contributed by atoms with Crippen molar-refractivity contribution in [3.8, 4) is 6.07 Å². The lowest BCUT2D eigenvalue weighted by Gasteiger charge is -2.20. The average molecular weight is 350 g/mol. The third-order valence-corrected chi connectivity index (χ3v) is 4.65. The minimum absolute atomic E-state index is 0.0231. The van der Waals surface area contributed by atoms with Crippen LogP contribution in [0.2, 0.25) is 0 Å². The van der Waals surface area contributed by atoms with Gasteiger partial charge in [-0.1, -0.05) is 32.1 Å². The Kier molecular flexibility index (Phi) is 6.52. The molecule has 1 fully saturated rings. The van der Waals surface area contributed by atoms with Gasteiger partial charge < -0.3 is 4.74 Å². The summed E-state index contributed by atoms with van der Waals surface area (Å²) in [5, 5.41) is 17.4. The van der Waals surface area contributed by atoms with Gasteiger partial charge in [0.25, 0.3) is 0 Å². The fourth-order valence-electron chi connectivity index (χ4n) is 3.09. The number of hydrogen-bond donors (Lipinski definition) is 1. The van der Waals surface area contributed by atoms with Crippen LogP contribution in [0.25, 0.3) is 0 Å². The normalized spacial score (nSPS) is 15.3. The molecule has 0 spiro atoms. The molecule has 1 aliphatic carbocycles. The number of benzene rings is 1. The first-order valence-electron chi connectivity index (χ1n) is 9.00. The molecule has 2 rings (SSSR count). The molecule has 26 heavy (non-hydrogen) atoms. The number of allylic oxidation sites excluding steroid dienone is 3. The molecule has 0 unspecified atom stereocenters. The summed E-state index contributed by atoms with van der Waals surface area (Å²) < 4.78 is 5.19. The van der Waals surface area contributed by atoms with E-state index in [1.54, 1.807) is 24.3 Å². The molecular formula is C22H26N2O2. The van der Waals surface area contributed by atoms with Gasteiger partial charge in [0.05, 0.1) is 18.7 Å². The maximum atomic E-state index is 13.4. The minimum atomic E-state index is -0.152. The molecular weight excluding hydrogens is 324 g/mol. The summed E-state index contributed by atoms with van der Waals surface area (Å²) in [7, 11) is 1.46. The van der Waals surface area contributed by atoms with E-state index in [2.05, 4.69) is 6.07 Å². The van der Waals surface area contributed by atoms with E-state index in [1.165, 1.54) is 20.0 Å². The molecule has 136 valence electrons. The number of ketones is 1. The summed E-state index contributed by atoms with van der Waals surface area (Å²) in [6, 6.07) is 8.82. The van der Waals surface area contributed by atoms with E-state index in [-0.39, 0.29) is 17.6 Å². The van der Waals surface area contributed by atoms with Gasteiger partial charge in [-0.25, -0.2) is 0 Å². The lowest BCUT2D eigenvalue weighted by atomic mass is 9.85. The van der Waals surface area contributed by atoms with Crippen molar-refractivity contribution in [2.24, 2.45) is 11.8 Å². The molecule has 4 heteroatoms. The number of Topliss-reactive ketones (excluding diaryl/α,β-unsaturated/α-hetero) is 1. The highest BCUT2D eigenvalue weighted by atomic mass is 16.5. The zero-order valence-electron chi connectivity index (χ0n) is 15.9. The van der Waals surface area contributed by atoms with Gasteiger partial charge >= 0.3 is 0 Å². The van der Waals surface area contributed by atoms with Gasteiger partial charge in [0.15, 0.2) is 5.78 Å². The Balaban J connectivity index is 2.63. The number of hydrogen-bond acceptors (Lipinski definition) is 4. The molecule has 0 radical (unpaired) electrons. The van der Waals surface area contributed by atoms with Gasteiger partial charge in [0, 0.05) is 16.7 Å². The van der Waals surface area contributed by atoms with E-state index in [4.69, 9.17) is 15.4 Å². The fraction of sp³-hybridized carbons (Fsp3) is 0.409. The molecule has 1 aromatic carbocycles. The first-order valence-corrected chi connectivity index (χ1v) is 9.00. The number of nitriles is 1. The maximum absolute atomic E-state index is 13.4. The van der Waals surface area contributed by atoms with Crippen molar-refractivity contribution in [2.45, 2.75) is 40.0 Å². The van der Waals surface area contributed by atoms with Crippen LogP contribution in [0.4, 0.5) is 0 Å². The van der Waals surface area contributed by atoms with Crippen molar-refractivity contribution in [3.05, 3.63) is 58.2 Å². The Hall–Kier alpha value is -2.67. The largest absolute Gasteiger partial charge is 0.481 e. The molecule has 1 aliphatic rings. The number of carbonyl (C=O) groups is 1. The molecule has 1 N–H and O–H groups in total. The molecule has 0 saturated heterocycles. The monoisotopic (exact) mass is 350 g/mol. The van der Waals surface area contributed by atoms with Crippen LogP contribution in [-0.4, -0.2) is 18.8 Å². The Bertz CT molecular complexity index is 806. The highest BCUT2D eigenvalue weighted by molar-refractivity contribution is 6.16. The lowest BCUT2D eigenvalue weighted by molar-refractivity contribution is 0.103. The standard InChI is InChI=1S/C22H26N2O2/c1-5-17(11-15-9-10-15)20(19(14(2)3)22(24)26-4)21(25)18-8-6-7-16(12-18)13-23/h5-8,12,14-15,24H,9-11H2,1-4H3/b17-5+,20-19+,24-22?. The van der Waals surface area contributed by atoms with Crippen molar-refractivity contribution in [1.82, 2.24) is 0 Å². The summed E-state index contributed by atoms with van der Waals surface area (Å²) in [6.07, 6.45) is 5.18. The van der Waals surface area contributed by atoms with Crippen LogP contribution in [0, 0.1) is 28.6 Å². The molecule has 1 aromatic rings. The summed E-state index contributed by atoms with van der Waals surface area (Å²) in [6.45, 7) is 5.86. The van der Waals surface area contributed by atoms with Crippen LogP contribution in [0.1, 0.15) is 56.0 Å². The predicted octanol–water partition coefficient (Wildman–Crippen LogP) is 5.06. The van der Waals surface area contributed by atoms with E-state index in [1.807, 2.05) is 26.8 Å². The third kappa shape index (κ3) is 4.49. The fourth-order valence-corrected chi connectivity index (χ4v) is 3.09. The van der Waals surface area contributed by atoms with Crippen LogP contribution in [-0.2, 0) is 4.74 Å². The topological polar surface area (TPSA) is 73.9 Å². The molecule has 4 nitrogen and oxygen atoms in total. The van der Waals surface area contributed by atoms with E-state index in [9.17, 15) is 4.79 Å². The number of nitrogens with one attached hydrogen (secondary N) is 1. The second-order valence-electron chi connectivity index (χ2n) is 6.96. The van der Waals surface area contributed by atoms with Gasteiger partial charge in [-0.15, -0.1) is 0 Å². The molecule has 0 heterocycles. The van der Waals surface area contributed by atoms with Crippen LogP contribution >= 0.6 is 0 Å². The molecule has 0 amide bonds. The molecule has 0 bridgehead atoms. The molecule has 0 atom stereocenters. The second kappa shape index (κ2) is 8.62. The van der Waals surface area contributed by atoms with Crippen molar-refractivity contribution in [3.63, 3.8) is 0 Å². The van der Waals surface area contributed by atoms with Gasteiger partial charge in [0.1, 0.15) is 0 Å². The zero-order valence-corrected chi connectivity index (χ0v) is 15.9. The van der Waals surface area contributed by atoms with Crippen LogP contribution in [0.15, 0.2) is 47.1 Å². The quantitative estimate of drug-likeness (QED) is 0.245. The van der Waals surface area contributed by atoms with E-state index < -0.39 is 0 Å². The first kappa shape index (κ1) is 19.7. The van der Waals surface area contributed by atoms with Crippen molar-refractivity contribution < 1.29 is 9.53 Å². The SMILES string of the molecule is C/C=C(CC1CC1)/C(C(=O)c1cccc(C#N)c1)=C(\C(=N)OC)C(C)C. The number of rotatable bonds is 7. The second-order valence-corrected chi connectivity index (χ2v) is 6.96. The van der Waals surface area contributed by atoms with Gasteiger partial charge in [0.2, 0.25) is 5.90 Å². The van der Waals surface area contributed by atoms with Gasteiger partial charge in [-0.3, -0.25) is 10.2 Å². The molecule has 0 aromatic heterocycles. The maximum Gasteiger partial charge on any atom is 0.209 e. The molecule has 1 saturated carbocycles. The van der Waals surface area contributed by atoms with E-state index >= 15 is 0 Å². The summed E-state index contributed by atoms with van der Waals surface area (Å²) >= 11 is 0. The average Bonchev–Trinajstić information content (AvgIpc) is 3.47. The zero-order chi connectivity index (χ0) is 19.3. The number of ether oxygens (including phenoxy) is 1. The summed E-state index contributed by atoms with van der Waals surface area (Å²) in [5.41, 5.74) is 3.05. The first-order chi connectivity index (χ1) is 12.4. The molecule has 0 aliphatic heterocycles. The summed E-state index contributed by atoms with van der Waals surface area (Å²) in [5.74, 6) is 0.450. The Morgan fingerprint density at radius 1 is 1.42 bits per heavy atom. The van der Waals surface area contributed by atoms with Crippen LogP contribution in [0.3, 0.4) is 0 Å². The van der Waals surface area contributed by atoms with E-state index in [0.29, 0.717) is 28.2 Å². The van der Waals surface area contributed by atoms with Crippen molar-refractivity contribution in [1.29, 1.82) is 10.7 Å².